The minimum absolute atomic E-state index is 0.0911. The predicted molar refractivity (Wildman–Crippen MR) is 117 cm³/mol. The molecule has 0 radical (unpaired) electrons. The van der Waals surface area contributed by atoms with Crippen molar-refractivity contribution < 1.29 is 9.18 Å². The van der Waals surface area contributed by atoms with E-state index >= 15 is 0 Å². The third-order valence-electron chi connectivity index (χ3n) is 5.50. The van der Waals surface area contributed by atoms with Gasteiger partial charge in [0.05, 0.1) is 11.1 Å². The first-order chi connectivity index (χ1) is 15.1. The van der Waals surface area contributed by atoms with E-state index in [1.807, 2.05) is 24.3 Å². The molecule has 3 aromatic carbocycles. The molecule has 31 heavy (non-hydrogen) atoms. The molecule has 0 saturated heterocycles. The van der Waals surface area contributed by atoms with Crippen molar-refractivity contribution in [3.63, 3.8) is 0 Å². The standard InChI is InChI=1S/C25H20FN3O2/c26-18-8-6-7-17(15-18)16-28(19-13-14-19)25(31)23-21-11-4-5-12-22(21)24(30)29(27-23)20-9-2-1-3-10-20/h1-12,15,19H,13-14,16H2. The van der Waals surface area contributed by atoms with Gasteiger partial charge in [-0.1, -0.05) is 48.5 Å². The summed E-state index contributed by atoms with van der Waals surface area (Å²) >= 11 is 0. The van der Waals surface area contributed by atoms with Gasteiger partial charge in [0.15, 0.2) is 5.69 Å². The van der Waals surface area contributed by atoms with Crippen LogP contribution in [0.3, 0.4) is 0 Å². The number of fused-ring (bicyclic) bond motifs is 1. The van der Waals surface area contributed by atoms with E-state index in [2.05, 4.69) is 5.10 Å². The average molecular weight is 413 g/mol. The molecular formula is C25H20FN3O2. The minimum Gasteiger partial charge on any atom is -0.330 e. The summed E-state index contributed by atoms with van der Waals surface area (Å²) in [7, 11) is 0. The first-order valence-corrected chi connectivity index (χ1v) is 10.2. The number of aromatic nitrogens is 2. The summed E-state index contributed by atoms with van der Waals surface area (Å²) in [6.07, 6.45) is 1.80. The molecule has 1 fully saturated rings. The second kappa shape index (κ2) is 7.80. The molecule has 1 aliphatic rings. The van der Waals surface area contributed by atoms with Crippen LogP contribution in [0.15, 0.2) is 83.7 Å². The van der Waals surface area contributed by atoms with Crippen LogP contribution in [0, 0.1) is 5.82 Å². The van der Waals surface area contributed by atoms with Gasteiger partial charge in [-0.05, 0) is 48.7 Å². The van der Waals surface area contributed by atoms with E-state index in [-0.39, 0.29) is 29.0 Å². The molecule has 1 amide bonds. The quantitative estimate of drug-likeness (QED) is 0.489. The van der Waals surface area contributed by atoms with Crippen LogP contribution < -0.4 is 5.56 Å². The Balaban J connectivity index is 1.63. The number of carbonyl (C=O) groups excluding carboxylic acids is 1. The van der Waals surface area contributed by atoms with Gasteiger partial charge in [0.2, 0.25) is 0 Å². The van der Waals surface area contributed by atoms with E-state index in [1.54, 1.807) is 47.4 Å². The number of hydrogen-bond acceptors (Lipinski definition) is 3. The van der Waals surface area contributed by atoms with Gasteiger partial charge >= 0.3 is 0 Å². The lowest BCUT2D eigenvalue weighted by Crippen LogP contribution is -2.35. The molecule has 0 bridgehead atoms. The van der Waals surface area contributed by atoms with E-state index in [9.17, 15) is 14.0 Å². The van der Waals surface area contributed by atoms with Gasteiger partial charge in [-0.3, -0.25) is 9.59 Å². The maximum atomic E-state index is 13.7. The highest BCUT2D eigenvalue weighted by atomic mass is 19.1. The van der Waals surface area contributed by atoms with Crippen molar-refractivity contribution in [3.8, 4) is 5.69 Å². The lowest BCUT2D eigenvalue weighted by molar-refractivity contribution is 0.0724. The van der Waals surface area contributed by atoms with Crippen molar-refractivity contribution >= 4 is 16.7 Å². The molecule has 5 rings (SSSR count). The number of rotatable bonds is 5. The molecule has 1 aromatic heterocycles. The van der Waals surface area contributed by atoms with Crippen LogP contribution >= 0.6 is 0 Å². The lowest BCUT2D eigenvalue weighted by Gasteiger charge is -2.23. The van der Waals surface area contributed by atoms with Crippen LogP contribution in [0.4, 0.5) is 4.39 Å². The highest BCUT2D eigenvalue weighted by molar-refractivity contribution is 6.05. The number of nitrogens with zero attached hydrogens (tertiary/aromatic N) is 3. The first kappa shape index (κ1) is 19.2. The molecule has 0 aliphatic heterocycles. The maximum Gasteiger partial charge on any atom is 0.279 e. The molecule has 0 N–H and O–H groups in total. The Morgan fingerprint density at radius 1 is 0.968 bits per heavy atom. The van der Waals surface area contributed by atoms with Crippen LogP contribution in [-0.2, 0) is 6.54 Å². The van der Waals surface area contributed by atoms with Crippen molar-refractivity contribution in [1.82, 2.24) is 14.7 Å². The van der Waals surface area contributed by atoms with Crippen LogP contribution in [0.5, 0.6) is 0 Å². The molecular weight excluding hydrogens is 393 g/mol. The van der Waals surface area contributed by atoms with Gasteiger partial charge in [-0.25, -0.2) is 4.39 Å². The molecule has 6 heteroatoms. The third kappa shape index (κ3) is 3.72. The van der Waals surface area contributed by atoms with E-state index in [4.69, 9.17) is 0 Å². The Kier molecular flexibility index (Phi) is 4.82. The summed E-state index contributed by atoms with van der Waals surface area (Å²) in [5, 5.41) is 5.46. The summed E-state index contributed by atoms with van der Waals surface area (Å²) in [4.78, 5) is 28.5. The molecule has 4 aromatic rings. The maximum absolute atomic E-state index is 13.7. The fraction of sp³-hybridized carbons (Fsp3) is 0.160. The minimum atomic E-state index is -0.332. The van der Waals surface area contributed by atoms with Crippen molar-refractivity contribution in [2.24, 2.45) is 0 Å². The SMILES string of the molecule is O=C(c1nn(-c2ccccc2)c(=O)c2ccccc12)N(Cc1cccc(F)c1)C1CC1. The van der Waals surface area contributed by atoms with E-state index < -0.39 is 0 Å². The highest BCUT2D eigenvalue weighted by Gasteiger charge is 2.35. The van der Waals surface area contributed by atoms with Gasteiger partial charge in [0.1, 0.15) is 5.82 Å². The topological polar surface area (TPSA) is 55.2 Å². The number of carbonyl (C=O) groups is 1. The Hall–Kier alpha value is -3.80. The summed E-state index contributed by atoms with van der Waals surface area (Å²) in [5.41, 5.74) is 1.26. The van der Waals surface area contributed by atoms with Crippen molar-refractivity contribution in [2.75, 3.05) is 0 Å². The predicted octanol–water partition coefficient (Wildman–Crippen LogP) is 4.33. The number of hydrogen-bond donors (Lipinski definition) is 0. The summed E-state index contributed by atoms with van der Waals surface area (Å²) in [6, 6.07) is 22.5. The zero-order valence-electron chi connectivity index (χ0n) is 16.7. The highest BCUT2D eigenvalue weighted by Crippen LogP contribution is 2.30. The normalized spacial score (nSPS) is 13.3. The molecule has 0 unspecified atom stereocenters. The lowest BCUT2D eigenvalue weighted by atomic mass is 10.1. The molecule has 0 spiro atoms. The third-order valence-corrected chi connectivity index (χ3v) is 5.50. The van der Waals surface area contributed by atoms with E-state index in [1.165, 1.54) is 16.8 Å². The fourth-order valence-corrected chi connectivity index (χ4v) is 3.81. The zero-order valence-corrected chi connectivity index (χ0v) is 16.7. The largest absolute Gasteiger partial charge is 0.330 e. The van der Waals surface area contributed by atoms with Crippen molar-refractivity contribution in [2.45, 2.75) is 25.4 Å². The number of amides is 1. The smallest absolute Gasteiger partial charge is 0.279 e. The van der Waals surface area contributed by atoms with Gasteiger partial charge < -0.3 is 4.90 Å². The second-order valence-corrected chi connectivity index (χ2v) is 7.74. The van der Waals surface area contributed by atoms with Crippen LogP contribution in [0.25, 0.3) is 16.5 Å². The van der Waals surface area contributed by atoms with Crippen LogP contribution in [-0.4, -0.2) is 26.6 Å². The van der Waals surface area contributed by atoms with Gasteiger partial charge in [-0.15, -0.1) is 0 Å². The Bertz CT molecular complexity index is 1330. The summed E-state index contributed by atoms with van der Waals surface area (Å²) in [5.74, 6) is -0.588. The summed E-state index contributed by atoms with van der Waals surface area (Å²) in [6.45, 7) is 0.293. The van der Waals surface area contributed by atoms with Crippen molar-refractivity contribution in [1.29, 1.82) is 0 Å². The molecule has 1 heterocycles. The molecule has 154 valence electrons. The van der Waals surface area contributed by atoms with Gasteiger partial charge in [0, 0.05) is 18.0 Å². The Morgan fingerprint density at radius 3 is 2.39 bits per heavy atom. The van der Waals surface area contributed by atoms with Crippen LogP contribution in [0.1, 0.15) is 28.9 Å². The Labute approximate surface area is 178 Å². The fourth-order valence-electron chi connectivity index (χ4n) is 3.81. The second-order valence-electron chi connectivity index (χ2n) is 7.74. The molecule has 0 atom stereocenters. The van der Waals surface area contributed by atoms with E-state index in [0.29, 0.717) is 23.0 Å². The van der Waals surface area contributed by atoms with Crippen molar-refractivity contribution in [3.05, 3.63) is 106 Å². The number of para-hydroxylation sites is 1. The molecule has 1 saturated carbocycles. The number of halogens is 1. The summed E-state index contributed by atoms with van der Waals surface area (Å²) < 4.78 is 15.0. The Morgan fingerprint density at radius 2 is 1.68 bits per heavy atom. The van der Waals surface area contributed by atoms with Gasteiger partial charge in [0.25, 0.3) is 11.5 Å². The van der Waals surface area contributed by atoms with Gasteiger partial charge in [-0.2, -0.15) is 9.78 Å². The number of benzene rings is 3. The molecule has 5 nitrogen and oxygen atoms in total. The zero-order chi connectivity index (χ0) is 21.4. The monoisotopic (exact) mass is 413 g/mol. The van der Waals surface area contributed by atoms with Crippen LogP contribution in [0.2, 0.25) is 0 Å². The first-order valence-electron chi connectivity index (χ1n) is 10.2. The average Bonchev–Trinajstić information content (AvgIpc) is 3.63. The molecule has 1 aliphatic carbocycles. The van der Waals surface area contributed by atoms with E-state index in [0.717, 1.165) is 18.4 Å².